The summed E-state index contributed by atoms with van der Waals surface area (Å²) in [6.07, 6.45) is 2.88. The summed E-state index contributed by atoms with van der Waals surface area (Å²) in [6.45, 7) is 9.42. The van der Waals surface area contributed by atoms with E-state index in [2.05, 4.69) is 53.9 Å². The van der Waals surface area contributed by atoms with Gasteiger partial charge in [-0.1, -0.05) is 12.1 Å². The Morgan fingerprint density at radius 2 is 1.89 bits per heavy atom. The van der Waals surface area contributed by atoms with Crippen LogP contribution in [-0.2, 0) is 11.3 Å². The Morgan fingerprint density at radius 3 is 2.61 bits per heavy atom. The van der Waals surface area contributed by atoms with Crippen LogP contribution in [0.5, 0.6) is 5.75 Å². The standard InChI is InChI=1S/C27H43N9O2/c1-31(2)25(37)20-34-11-9-22(19-34)36-24-17-29-27(28-10-12-33-15-13-32(3)14-16-33)30-26(24)35(36)18-21-5-7-23(38-4)8-6-21/h5-8,17,22,27-28,30H,9-16,18-20H2,1-4H3. The SMILES string of the molecule is COc1ccc(Cn2c3c(n2C2CCN(CC(=O)N(C)C)C2)C=NC(NCCN2CCN(C)CC2)N3)cc1. The van der Waals surface area contributed by atoms with Gasteiger partial charge in [0.25, 0.3) is 0 Å². The number of hydrogen-bond donors (Lipinski definition) is 2. The molecule has 3 aliphatic rings. The Bertz CT molecular complexity index is 1100. The van der Waals surface area contributed by atoms with Gasteiger partial charge in [0.2, 0.25) is 5.91 Å². The predicted octanol–water partition coefficient (Wildman–Crippen LogP) is 0.647. The van der Waals surface area contributed by atoms with E-state index in [1.54, 1.807) is 12.0 Å². The third kappa shape index (κ3) is 6.06. The van der Waals surface area contributed by atoms with Crippen molar-refractivity contribution in [3.8, 4) is 5.75 Å². The number of likely N-dealkylation sites (N-methyl/N-ethyl adjacent to an activating group) is 2. The van der Waals surface area contributed by atoms with Crippen LogP contribution in [-0.4, -0.2) is 135 Å². The second kappa shape index (κ2) is 11.9. The fourth-order valence-corrected chi connectivity index (χ4v) is 5.49. The predicted molar refractivity (Wildman–Crippen MR) is 150 cm³/mol. The molecule has 0 saturated carbocycles. The van der Waals surface area contributed by atoms with Gasteiger partial charge >= 0.3 is 0 Å². The number of aliphatic imine (C=N–C) groups is 1. The molecular formula is C27H43N9O2. The Balaban J connectivity index is 1.26. The summed E-state index contributed by atoms with van der Waals surface area (Å²) in [4.78, 5) is 25.9. The number of nitrogens with one attached hydrogen (secondary N) is 2. The van der Waals surface area contributed by atoms with Gasteiger partial charge in [-0.05, 0) is 31.2 Å². The molecule has 11 nitrogen and oxygen atoms in total. The van der Waals surface area contributed by atoms with Gasteiger partial charge in [0.05, 0.1) is 32.5 Å². The van der Waals surface area contributed by atoms with Crippen LogP contribution in [0, 0.1) is 0 Å². The number of carbonyl (C=O) groups excluding carboxylic acids is 1. The molecule has 2 aromatic rings. The summed E-state index contributed by atoms with van der Waals surface area (Å²) in [6, 6.07) is 8.57. The fraction of sp³-hybridized carbons (Fsp3) is 0.630. The molecule has 2 saturated heterocycles. The molecule has 0 bridgehead atoms. The minimum Gasteiger partial charge on any atom is -0.497 e. The van der Waals surface area contributed by atoms with Gasteiger partial charge < -0.3 is 19.9 Å². The first-order chi connectivity index (χ1) is 18.4. The van der Waals surface area contributed by atoms with Gasteiger partial charge in [-0.25, -0.2) is 0 Å². The van der Waals surface area contributed by atoms with Gasteiger partial charge in [0.15, 0.2) is 12.1 Å². The number of likely N-dealkylation sites (tertiary alicyclic amines) is 1. The second-order valence-electron chi connectivity index (χ2n) is 10.9. The van der Waals surface area contributed by atoms with Crippen molar-refractivity contribution >= 4 is 17.9 Å². The summed E-state index contributed by atoms with van der Waals surface area (Å²) in [5, 5.41) is 7.21. The van der Waals surface area contributed by atoms with Gasteiger partial charge in [0.1, 0.15) is 11.4 Å². The van der Waals surface area contributed by atoms with Crippen LogP contribution in [0.3, 0.4) is 0 Å². The number of rotatable bonds is 10. The maximum Gasteiger partial charge on any atom is 0.236 e. The van der Waals surface area contributed by atoms with Crippen LogP contribution in [0.4, 0.5) is 5.82 Å². The first kappa shape index (κ1) is 26.7. The van der Waals surface area contributed by atoms with Crippen molar-refractivity contribution in [1.29, 1.82) is 0 Å². The van der Waals surface area contributed by atoms with Crippen molar-refractivity contribution in [3.63, 3.8) is 0 Å². The number of piperazine rings is 1. The minimum atomic E-state index is -0.139. The highest BCUT2D eigenvalue weighted by atomic mass is 16.5. The number of fused-ring (bicyclic) bond motifs is 1. The van der Waals surface area contributed by atoms with Crippen molar-refractivity contribution in [2.75, 3.05) is 92.5 Å². The molecule has 1 aromatic heterocycles. The summed E-state index contributed by atoms with van der Waals surface area (Å²) in [5.41, 5.74) is 2.34. The first-order valence-corrected chi connectivity index (χ1v) is 13.7. The molecule has 0 radical (unpaired) electrons. The van der Waals surface area contributed by atoms with Crippen LogP contribution in [0.15, 0.2) is 29.3 Å². The molecule has 2 unspecified atom stereocenters. The highest BCUT2D eigenvalue weighted by molar-refractivity contribution is 5.87. The molecule has 2 fully saturated rings. The number of methoxy groups -OCH3 is 1. The van der Waals surface area contributed by atoms with E-state index in [1.807, 2.05) is 32.4 Å². The number of nitrogens with zero attached hydrogens (tertiary/aromatic N) is 7. The molecule has 3 aliphatic heterocycles. The molecule has 208 valence electrons. The third-order valence-corrected chi connectivity index (χ3v) is 7.93. The first-order valence-electron chi connectivity index (χ1n) is 13.7. The largest absolute Gasteiger partial charge is 0.497 e. The lowest BCUT2D eigenvalue weighted by Crippen LogP contribution is -2.49. The zero-order chi connectivity index (χ0) is 26.6. The van der Waals surface area contributed by atoms with E-state index in [0.29, 0.717) is 12.6 Å². The zero-order valence-electron chi connectivity index (χ0n) is 23.3. The molecule has 0 spiro atoms. The van der Waals surface area contributed by atoms with Crippen molar-refractivity contribution in [3.05, 3.63) is 35.5 Å². The van der Waals surface area contributed by atoms with Gasteiger partial charge in [-0.2, -0.15) is 0 Å². The highest BCUT2D eigenvalue weighted by Crippen LogP contribution is 2.33. The van der Waals surface area contributed by atoms with E-state index < -0.39 is 0 Å². The van der Waals surface area contributed by atoms with E-state index in [9.17, 15) is 4.79 Å². The van der Waals surface area contributed by atoms with Gasteiger partial charge in [-0.3, -0.25) is 34.3 Å². The summed E-state index contributed by atoms with van der Waals surface area (Å²) >= 11 is 0. The molecule has 11 heteroatoms. The summed E-state index contributed by atoms with van der Waals surface area (Å²) < 4.78 is 10.1. The Morgan fingerprint density at radius 1 is 1.13 bits per heavy atom. The smallest absolute Gasteiger partial charge is 0.236 e. The molecule has 0 aliphatic carbocycles. The van der Waals surface area contributed by atoms with Gasteiger partial charge in [0, 0.05) is 66.5 Å². The van der Waals surface area contributed by atoms with Crippen LogP contribution in [0.25, 0.3) is 0 Å². The topological polar surface area (TPSA) is 85.5 Å². The normalized spacial score (nSPS) is 22.4. The van der Waals surface area contributed by atoms with E-state index in [-0.39, 0.29) is 12.2 Å². The maximum atomic E-state index is 12.3. The van der Waals surface area contributed by atoms with Crippen molar-refractivity contribution in [2.45, 2.75) is 25.3 Å². The van der Waals surface area contributed by atoms with Crippen molar-refractivity contribution in [1.82, 2.24) is 34.3 Å². The lowest BCUT2D eigenvalue weighted by atomic mass is 10.2. The van der Waals surface area contributed by atoms with E-state index >= 15 is 0 Å². The number of aromatic nitrogens is 2. The van der Waals surface area contributed by atoms with Crippen LogP contribution in [0.1, 0.15) is 23.7 Å². The number of hydrogen-bond acceptors (Lipinski definition) is 8. The van der Waals surface area contributed by atoms with E-state index in [0.717, 1.165) is 82.6 Å². The Labute approximate surface area is 226 Å². The summed E-state index contributed by atoms with van der Waals surface area (Å²) in [7, 11) is 7.52. The molecule has 4 heterocycles. The van der Waals surface area contributed by atoms with Crippen molar-refractivity contribution < 1.29 is 9.53 Å². The molecule has 38 heavy (non-hydrogen) atoms. The lowest BCUT2D eigenvalue weighted by molar-refractivity contribution is -0.129. The van der Waals surface area contributed by atoms with Crippen LogP contribution < -0.4 is 15.4 Å². The maximum absolute atomic E-state index is 12.3. The van der Waals surface area contributed by atoms with E-state index in [4.69, 9.17) is 9.73 Å². The summed E-state index contributed by atoms with van der Waals surface area (Å²) in [5.74, 6) is 2.12. The molecule has 2 atom stereocenters. The second-order valence-corrected chi connectivity index (χ2v) is 10.9. The third-order valence-electron chi connectivity index (χ3n) is 7.93. The Kier molecular flexibility index (Phi) is 8.37. The van der Waals surface area contributed by atoms with Crippen LogP contribution >= 0.6 is 0 Å². The number of benzene rings is 1. The minimum absolute atomic E-state index is 0.139. The Hall–Kier alpha value is -2.86. The van der Waals surface area contributed by atoms with Crippen molar-refractivity contribution in [2.24, 2.45) is 4.99 Å². The monoisotopic (exact) mass is 525 g/mol. The molecule has 2 N–H and O–H groups in total. The van der Waals surface area contributed by atoms with E-state index in [1.165, 1.54) is 5.56 Å². The number of carbonyl (C=O) groups is 1. The van der Waals surface area contributed by atoms with Gasteiger partial charge in [-0.15, -0.1) is 0 Å². The quantitative estimate of drug-likeness (QED) is 0.471. The average Bonchev–Trinajstić information content (AvgIpc) is 3.36. The lowest BCUT2D eigenvalue weighted by Gasteiger charge is -2.38. The fourth-order valence-electron chi connectivity index (χ4n) is 5.49. The molecule has 1 aromatic carbocycles. The van der Waals surface area contributed by atoms with Crippen LogP contribution in [0.2, 0.25) is 0 Å². The zero-order valence-corrected chi connectivity index (χ0v) is 23.3. The molecule has 1 amide bonds. The number of anilines is 1. The number of ether oxygens (including phenoxy) is 1. The number of amides is 1. The average molecular weight is 526 g/mol. The molecular weight excluding hydrogens is 482 g/mol. The molecule has 5 rings (SSSR count). The highest BCUT2D eigenvalue weighted by Gasteiger charge is 2.34.